The van der Waals surface area contributed by atoms with Gasteiger partial charge in [-0.25, -0.2) is 9.59 Å². The molecule has 1 saturated carbocycles. The first-order valence-electron chi connectivity index (χ1n) is 11.1. The van der Waals surface area contributed by atoms with E-state index >= 15 is 0 Å². The molecule has 1 unspecified atom stereocenters. The summed E-state index contributed by atoms with van der Waals surface area (Å²) in [6, 6.07) is 15.9. The molecule has 3 N–H and O–H groups in total. The van der Waals surface area contributed by atoms with Crippen LogP contribution in [0.4, 0.5) is 4.79 Å². The van der Waals surface area contributed by atoms with Crippen molar-refractivity contribution in [1.29, 1.82) is 0 Å². The van der Waals surface area contributed by atoms with Gasteiger partial charge in [-0.05, 0) is 35.1 Å². The van der Waals surface area contributed by atoms with E-state index in [4.69, 9.17) is 14.6 Å². The third kappa shape index (κ3) is 4.85. The minimum Gasteiger partial charge on any atom is -0.479 e. The van der Waals surface area contributed by atoms with Crippen molar-refractivity contribution >= 4 is 18.0 Å². The van der Waals surface area contributed by atoms with Crippen molar-refractivity contribution in [2.75, 3.05) is 20.3 Å². The second-order valence-electron chi connectivity index (χ2n) is 8.42. The maximum absolute atomic E-state index is 12.6. The van der Waals surface area contributed by atoms with Crippen LogP contribution in [0.1, 0.15) is 36.3 Å². The van der Waals surface area contributed by atoms with Crippen LogP contribution in [0.25, 0.3) is 11.1 Å². The minimum atomic E-state index is -1.14. The zero-order chi connectivity index (χ0) is 23.4. The Morgan fingerprint density at radius 1 is 1.03 bits per heavy atom. The molecule has 2 amide bonds. The van der Waals surface area contributed by atoms with Gasteiger partial charge in [-0.3, -0.25) is 4.79 Å². The van der Waals surface area contributed by atoms with Crippen molar-refractivity contribution in [2.45, 2.75) is 37.3 Å². The highest BCUT2D eigenvalue weighted by molar-refractivity contribution is 5.82. The van der Waals surface area contributed by atoms with Gasteiger partial charge in [-0.15, -0.1) is 0 Å². The quantitative estimate of drug-likeness (QED) is 0.568. The first-order valence-corrected chi connectivity index (χ1v) is 11.1. The molecule has 0 aliphatic heterocycles. The molecular formula is C25H28N2O6. The van der Waals surface area contributed by atoms with E-state index in [1.807, 2.05) is 24.3 Å². The number of carbonyl (C=O) groups is 3. The second kappa shape index (κ2) is 10.0. The van der Waals surface area contributed by atoms with E-state index in [1.54, 1.807) is 0 Å². The molecule has 8 nitrogen and oxygen atoms in total. The van der Waals surface area contributed by atoms with E-state index in [2.05, 4.69) is 34.9 Å². The van der Waals surface area contributed by atoms with Crippen molar-refractivity contribution < 1.29 is 29.0 Å². The maximum atomic E-state index is 12.6. The lowest BCUT2D eigenvalue weighted by Gasteiger charge is -2.22. The summed E-state index contributed by atoms with van der Waals surface area (Å²) < 4.78 is 10.4. The van der Waals surface area contributed by atoms with Gasteiger partial charge < -0.3 is 25.2 Å². The highest BCUT2D eigenvalue weighted by atomic mass is 16.5. The summed E-state index contributed by atoms with van der Waals surface area (Å²) >= 11 is 0. The number of amides is 2. The van der Waals surface area contributed by atoms with E-state index < -0.39 is 24.1 Å². The summed E-state index contributed by atoms with van der Waals surface area (Å²) in [5.74, 6) is -1.90. The number of methoxy groups -OCH3 is 1. The third-order valence-electron chi connectivity index (χ3n) is 6.52. The number of aliphatic carboxylic acids is 1. The number of carbonyl (C=O) groups excluding carboxylic acids is 2. The zero-order valence-corrected chi connectivity index (χ0v) is 18.5. The van der Waals surface area contributed by atoms with Crippen LogP contribution < -0.4 is 10.6 Å². The molecule has 0 heterocycles. The Bertz CT molecular complexity index is 994. The van der Waals surface area contributed by atoms with Crippen molar-refractivity contribution in [1.82, 2.24) is 10.6 Å². The van der Waals surface area contributed by atoms with E-state index in [1.165, 1.54) is 7.11 Å². The number of nitrogens with one attached hydrogen (secondary N) is 2. The average Bonchev–Trinajstić information content (AvgIpc) is 3.40. The minimum absolute atomic E-state index is 0.0344. The number of ether oxygens (including phenoxy) is 2. The third-order valence-corrected chi connectivity index (χ3v) is 6.52. The van der Waals surface area contributed by atoms with E-state index in [9.17, 15) is 14.4 Å². The Morgan fingerprint density at radius 2 is 1.67 bits per heavy atom. The monoisotopic (exact) mass is 452 g/mol. The summed E-state index contributed by atoms with van der Waals surface area (Å²) in [4.78, 5) is 36.2. The molecule has 2 aliphatic rings. The fraction of sp³-hybridized carbons (Fsp3) is 0.400. The lowest BCUT2D eigenvalue weighted by atomic mass is 9.98. The van der Waals surface area contributed by atoms with Crippen molar-refractivity contribution in [3.8, 4) is 11.1 Å². The van der Waals surface area contributed by atoms with Crippen LogP contribution in [0.5, 0.6) is 0 Å². The molecule has 1 fully saturated rings. The first-order chi connectivity index (χ1) is 16.0. The number of alkyl carbamates (subject to hydrolysis) is 1. The average molecular weight is 453 g/mol. The molecule has 0 aromatic heterocycles. The summed E-state index contributed by atoms with van der Waals surface area (Å²) in [5.41, 5.74) is 4.59. The Morgan fingerprint density at radius 3 is 2.27 bits per heavy atom. The standard InChI is InChI=1S/C25H28N2O6/c1-32-22(24(29)30)13-26-23(28)19-11-6-12-21(19)27-25(31)33-14-20-17-9-4-2-7-15(17)16-8-3-5-10-18(16)20/h2-5,7-10,19-22H,6,11-14H2,1H3,(H,26,28)(H,27,31)(H,29,30)/t19-,21+,22?/m0/s1. The largest absolute Gasteiger partial charge is 0.479 e. The van der Waals surface area contributed by atoms with Crippen LogP contribution in [0.15, 0.2) is 48.5 Å². The van der Waals surface area contributed by atoms with Crippen LogP contribution in [-0.4, -0.2) is 55.5 Å². The Hall–Kier alpha value is -3.39. The molecule has 0 bridgehead atoms. The molecule has 0 radical (unpaired) electrons. The van der Waals surface area contributed by atoms with Crippen molar-refractivity contribution in [3.63, 3.8) is 0 Å². The molecule has 2 aliphatic carbocycles. The molecule has 3 atom stereocenters. The number of fused-ring (bicyclic) bond motifs is 3. The van der Waals surface area contributed by atoms with Crippen LogP contribution in [0, 0.1) is 5.92 Å². The van der Waals surface area contributed by atoms with Crippen molar-refractivity contribution in [2.24, 2.45) is 5.92 Å². The summed E-state index contributed by atoms with van der Waals surface area (Å²) in [5, 5.41) is 14.5. The van der Waals surface area contributed by atoms with Crippen LogP contribution in [0.3, 0.4) is 0 Å². The molecule has 0 spiro atoms. The molecule has 0 saturated heterocycles. The van der Waals surface area contributed by atoms with Crippen LogP contribution in [0.2, 0.25) is 0 Å². The zero-order valence-electron chi connectivity index (χ0n) is 18.5. The molecule has 33 heavy (non-hydrogen) atoms. The number of hydrogen-bond acceptors (Lipinski definition) is 5. The van der Waals surface area contributed by atoms with Crippen LogP contribution >= 0.6 is 0 Å². The number of carboxylic acids is 1. The smallest absolute Gasteiger partial charge is 0.407 e. The highest BCUT2D eigenvalue weighted by Gasteiger charge is 2.35. The first kappa shape index (κ1) is 22.8. The van der Waals surface area contributed by atoms with Crippen LogP contribution in [-0.2, 0) is 19.1 Å². The molecular weight excluding hydrogens is 424 g/mol. The van der Waals surface area contributed by atoms with Gasteiger partial charge in [0.1, 0.15) is 6.61 Å². The van der Waals surface area contributed by atoms with Gasteiger partial charge in [0.15, 0.2) is 6.10 Å². The summed E-state index contributed by atoms with van der Waals surface area (Å²) in [7, 11) is 1.28. The number of hydrogen-bond donors (Lipinski definition) is 3. The lowest BCUT2D eigenvalue weighted by molar-refractivity contribution is -0.148. The normalized spacial score (nSPS) is 19.9. The van der Waals surface area contributed by atoms with Gasteiger partial charge in [-0.2, -0.15) is 0 Å². The molecule has 4 rings (SSSR count). The molecule has 2 aromatic carbocycles. The van der Waals surface area contributed by atoms with Gasteiger partial charge >= 0.3 is 12.1 Å². The van der Waals surface area contributed by atoms with Gasteiger partial charge in [0.25, 0.3) is 0 Å². The number of rotatable bonds is 8. The van der Waals surface area contributed by atoms with E-state index in [-0.39, 0.29) is 31.0 Å². The Balaban J connectivity index is 1.33. The maximum Gasteiger partial charge on any atom is 0.407 e. The van der Waals surface area contributed by atoms with E-state index in [0.29, 0.717) is 12.8 Å². The topological polar surface area (TPSA) is 114 Å². The molecule has 174 valence electrons. The summed E-state index contributed by atoms with van der Waals surface area (Å²) in [6.45, 7) is 0.0798. The van der Waals surface area contributed by atoms with E-state index in [0.717, 1.165) is 28.7 Å². The van der Waals surface area contributed by atoms with Gasteiger partial charge in [-0.1, -0.05) is 55.0 Å². The van der Waals surface area contributed by atoms with Gasteiger partial charge in [0.2, 0.25) is 5.91 Å². The molecule has 8 heteroatoms. The van der Waals surface area contributed by atoms with Gasteiger partial charge in [0.05, 0.1) is 12.5 Å². The lowest BCUT2D eigenvalue weighted by Crippen LogP contribution is -2.46. The fourth-order valence-electron chi connectivity index (χ4n) is 4.83. The SMILES string of the molecule is COC(CNC(=O)[C@H]1CCC[C@H]1NC(=O)OCC1c2ccccc2-c2ccccc21)C(=O)O. The fourth-order valence-corrected chi connectivity index (χ4v) is 4.83. The number of benzene rings is 2. The number of carboxylic acid groups (broad SMARTS) is 1. The van der Waals surface area contributed by atoms with Crippen molar-refractivity contribution in [3.05, 3.63) is 59.7 Å². The predicted molar refractivity (Wildman–Crippen MR) is 121 cm³/mol. The highest BCUT2D eigenvalue weighted by Crippen LogP contribution is 2.44. The predicted octanol–water partition coefficient (Wildman–Crippen LogP) is 2.91. The Labute approximate surface area is 192 Å². The van der Waals surface area contributed by atoms with Gasteiger partial charge in [0, 0.05) is 19.1 Å². The molecule has 2 aromatic rings. The Kier molecular flexibility index (Phi) is 6.93. The second-order valence-corrected chi connectivity index (χ2v) is 8.42. The summed E-state index contributed by atoms with van der Waals surface area (Å²) in [6.07, 6.45) is 0.407.